The summed E-state index contributed by atoms with van der Waals surface area (Å²) in [6.07, 6.45) is 8.48. The van der Waals surface area contributed by atoms with Crippen LogP contribution in [0.4, 0.5) is 0 Å². The molecule has 0 N–H and O–H groups in total. The number of nitrogens with zero attached hydrogens (tertiary/aromatic N) is 4. The molecule has 92 valence electrons. The summed E-state index contributed by atoms with van der Waals surface area (Å²) < 4.78 is 5.46. The third kappa shape index (κ3) is 1.46. The fourth-order valence-electron chi connectivity index (χ4n) is 3.55. The van der Waals surface area contributed by atoms with E-state index in [0.717, 1.165) is 23.4 Å². The molecule has 2 aromatic rings. The minimum absolute atomic E-state index is 0.494. The maximum atomic E-state index is 5.46. The zero-order valence-corrected chi connectivity index (χ0v) is 9.99. The lowest BCUT2D eigenvalue weighted by Gasteiger charge is -2.08. The summed E-state index contributed by atoms with van der Waals surface area (Å²) in [5.41, 5.74) is 0.727. The minimum atomic E-state index is 0.494. The first kappa shape index (κ1) is 10.2. The summed E-state index contributed by atoms with van der Waals surface area (Å²) in [4.78, 5) is 12.6. The van der Waals surface area contributed by atoms with E-state index in [-0.39, 0.29) is 0 Å². The summed E-state index contributed by atoms with van der Waals surface area (Å²) in [5.74, 6) is 3.41. The van der Waals surface area contributed by atoms with Gasteiger partial charge in [0.25, 0.3) is 0 Å². The van der Waals surface area contributed by atoms with Crippen LogP contribution in [0.2, 0.25) is 0 Å². The largest absolute Gasteiger partial charge is 0.339 e. The smallest absolute Gasteiger partial charge is 0.230 e. The minimum Gasteiger partial charge on any atom is -0.339 e. The molecule has 5 heteroatoms. The fourth-order valence-corrected chi connectivity index (χ4v) is 3.55. The van der Waals surface area contributed by atoms with Gasteiger partial charge < -0.3 is 4.52 Å². The van der Waals surface area contributed by atoms with E-state index in [4.69, 9.17) is 4.52 Å². The molecule has 2 saturated carbocycles. The Morgan fingerprint density at radius 2 is 1.89 bits per heavy atom. The molecular formula is C13H14N4O. The molecule has 5 nitrogen and oxygen atoms in total. The number of fused-ring (bicyclic) bond motifs is 2. The molecule has 4 rings (SSSR count). The van der Waals surface area contributed by atoms with Crippen LogP contribution >= 0.6 is 0 Å². The quantitative estimate of drug-likeness (QED) is 0.809. The molecule has 0 spiro atoms. The highest BCUT2D eigenvalue weighted by molar-refractivity contribution is 5.46. The van der Waals surface area contributed by atoms with E-state index in [9.17, 15) is 0 Å². The molecule has 2 heterocycles. The van der Waals surface area contributed by atoms with Crippen molar-refractivity contribution in [1.29, 1.82) is 0 Å². The van der Waals surface area contributed by atoms with Crippen molar-refractivity contribution < 1.29 is 4.52 Å². The van der Waals surface area contributed by atoms with Gasteiger partial charge in [0.2, 0.25) is 11.7 Å². The van der Waals surface area contributed by atoms with Crippen molar-refractivity contribution in [2.45, 2.75) is 31.6 Å². The Morgan fingerprint density at radius 1 is 1.11 bits per heavy atom. The van der Waals surface area contributed by atoms with Crippen LogP contribution < -0.4 is 0 Å². The van der Waals surface area contributed by atoms with Crippen molar-refractivity contribution in [3.05, 3.63) is 24.5 Å². The summed E-state index contributed by atoms with van der Waals surface area (Å²) in [6, 6.07) is 1.80. The van der Waals surface area contributed by atoms with Crippen molar-refractivity contribution >= 4 is 0 Å². The maximum absolute atomic E-state index is 5.46. The van der Waals surface area contributed by atoms with Crippen LogP contribution in [0, 0.1) is 11.8 Å². The Kier molecular flexibility index (Phi) is 2.18. The van der Waals surface area contributed by atoms with E-state index in [1.165, 1.54) is 32.0 Å². The van der Waals surface area contributed by atoms with E-state index < -0.39 is 0 Å². The molecule has 2 aliphatic carbocycles. The van der Waals surface area contributed by atoms with Crippen molar-refractivity contribution in [1.82, 2.24) is 20.1 Å². The Bertz CT molecular complexity index is 533. The van der Waals surface area contributed by atoms with E-state index in [1.807, 2.05) is 0 Å². The molecule has 18 heavy (non-hydrogen) atoms. The highest BCUT2D eigenvalue weighted by Gasteiger charge is 2.45. The molecule has 2 aromatic heterocycles. The lowest BCUT2D eigenvalue weighted by molar-refractivity contribution is 0.325. The van der Waals surface area contributed by atoms with Gasteiger partial charge in [-0.05, 0) is 43.6 Å². The zero-order valence-electron chi connectivity index (χ0n) is 9.99. The topological polar surface area (TPSA) is 64.7 Å². The second-order valence-electron chi connectivity index (χ2n) is 5.25. The molecule has 0 aliphatic heterocycles. The molecule has 0 amide bonds. The monoisotopic (exact) mass is 242 g/mol. The van der Waals surface area contributed by atoms with Crippen LogP contribution in [0.25, 0.3) is 11.5 Å². The molecule has 2 bridgehead atoms. The Labute approximate surface area is 105 Å². The highest BCUT2D eigenvalue weighted by Crippen LogP contribution is 2.54. The van der Waals surface area contributed by atoms with Crippen LogP contribution in [0.15, 0.2) is 23.1 Å². The molecular weight excluding hydrogens is 228 g/mol. The molecule has 2 fully saturated rings. The summed E-state index contributed by atoms with van der Waals surface area (Å²) >= 11 is 0. The molecule has 0 saturated heterocycles. The van der Waals surface area contributed by atoms with Gasteiger partial charge in [-0.1, -0.05) is 5.16 Å². The van der Waals surface area contributed by atoms with Gasteiger partial charge in [-0.2, -0.15) is 4.98 Å². The van der Waals surface area contributed by atoms with E-state index in [2.05, 4.69) is 20.1 Å². The van der Waals surface area contributed by atoms with Crippen LogP contribution in [0.3, 0.4) is 0 Å². The summed E-state index contributed by atoms with van der Waals surface area (Å²) in [7, 11) is 0. The third-order valence-electron chi connectivity index (χ3n) is 4.37. The van der Waals surface area contributed by atoms with E-state index in [0.29, 0.717) is 11.7 Å². The van der Waals surface area contributed by atoms with Crippen LogP contribution in [-0.4, -0.2) is 20.1 Å². The predicted octanol–water partition coefficient (Wildman–Crippen LogP) is 2.43. The average molecular weight is 242 g/mol. The van der Waals surface area contributed by atoms with E-state index >= 15 is 0 Å². The Morgan fingerprint density at radius 3 is 2.56 bits per heavy atom. The van der Waals surface area contributed by atoms with Crippen LogP contribution in [0.1, 0.15) is 37.5 Å². The van der Waals surface area contributed by atoms with E-state index in [1.54, 1.807) is 12.3 Å². The number of hydrogen-bond acceptors (Lipinski definition) is 5. The van der Waals surface area contributed by atoms with Gasteiger partial charge in [-0.15, -0.1) is 0 Å². The highest BCUT2D eigenvalue weighted by atomic mass is 16.5. The molecule has 0 radical (unpaired) electrons. The third-order valence-corrected chi connectivity index (χ3v) is 4.37. The Balaban J connectivity index is 1.67. The van der Waals surface area contributed by atoms with Crippen molar-refractivity contribution in [2.24, 2.45) is 11.8 Å². The predicted molar refractivity (Wildman–Crippen MR) is 63.5 cm³/mol. The second-order valence-corrected chi connectivity index (χ2v) is 5.25. The SMILES string of the molecule is c1cc(-c2noc(C3C4CCC3CC4)n2)ncn1. The first-order valence-corrected chi connectivity index (χ1v) is 6.52. The summed E-state index contributed by atoms with van der Waals surface area (Å²) in [5, 5.41) is 4.05. The first-order chi connectivity index (χ1) is 8.92. The number of rotatable bonds is 2. The van der Waals surface area contributed by atoms with Crippen molar-refractivity contribution in [3.63, 3.8) is 0 Å². The van der Waals surface area contributed by atoms with Crippen molar-refractivity contribution in [3.8, 4) is 11.5 Å². The molecule has 0 unspecified atom stereocenters. The maximum Gasteiger partial charge on any atom is 0.230 e. The standard InChI is InChI=1S/C13H14N4O/c1-2-9-4-3-8(1)11(9)13-16-12(17-18-13)10-5-6-14-7-15-10/h5-9,11H,1-4H2. The van der Waals surface area contributed by atoms with Gasteiger partial charge in [0, 0.05) is 12.1 Å². The van der Waals surface area contributed by atoms with Crippen molar-refractivity contribution in [2.75, 3.05) is 0 Å². The number of aromatic nitrogens is 4. The Hall–Kier alpha value is -1.78. The molecule has 0 atom stereocenters. The normalized spacial score (nSPS) is 29.9. The van der Waals surface area contributed by atoms with Gasteiger partial charge in [-0.3, -0.25) is 0 Å². The lowest BCUT2D eigenvalue weighted by atomic mass is 9.98. The van der Waals surface area contributed by atoms with Gasteiger partial charge in [-0.25, -0.2) is 9.97 Å². The lowest BCUT2D eigenvalue weighted by Crippen LogP contribution is -2.04. The van der Waals surface area contributed by atoms with Crippen LogP contribution in [0.5, 0.6) is 0 Å². The molecule has 2 aliphatic rings. The average Bonchev–Trinajstić information content (AvgIpc) is 3.14. The fraction of sp³-hybridized carbons (Fsp3) is 0.538. The summed E-state index contributed by atoms with van der Waals surface area (Å²) in [6.45, 7) is 0. The molecule has 0 aromatic carbocycles. The van der Waals surface area contributed by atoms with Gasteiger partial charge >= 0.3 is 0 Å². The first-order valence-electron chi connectivity index (χ1n) is 6.52. The van der Waals surface area contributed by atoms with Crippen LogP contribution in [-0.2, 0) is 0 Å². The number of hydrogen-bond donors (Lipinski definition) is 0. The van der Waals surface area contributed by atoms with Gasteiger partial charge in [0.1, 0.15) is 12.0 Å². The second kappa shape index (κ2) is 3.86. The van der Waals surface area contributed by atoms with Gasteiger partial charge in [0.05, 0.1) is 0 Å². The zero-order chi connectivity index (χ0) is 11.9. The van der Waals surface area contributed by atoms with Gasteiger partial charge in [0.15, 0.2) is 0 Å².